The predicted molar refractivity (Wildman–Crippen MR) is 36.0 cm³/mol. The third-order valence-electron chi connectivity index (χ3n) is 1.63. The number of aliphatic hydroxyl groups excluding tert-OH is 3. The van der Waals surface area contributed by atoms with Crippen molar-refractivity contribution in [2.75, 3.05) is 0 Å². The molecular weight excluding hydrogens is 168 g/mol. The number of aliphatic hydroxyl groups is 6. The van der Waals surface area contributed by atoms with E-state index in [1.54, 1.807) is 0 Å². The van der Waals surface area contributed by atoms with Crippen molar-refractivity contribution in [3.05, 3.63) is 0 Å². The largest absolute Gasteiger partial charge is 0.387 e. The molecule has 6 N–H and O–H groups in total. The highest BCUT2D eigenvalue weighted by Crippen LogP contribution is 2.20. The Labute approximate surface area is 77.0 Å². The van der Waals surface area contributed by atoms with E-state index < -0.39 is 36.6 Å². The van der Waals surface area contributed by atoms with Crippen molar-refractivity contribution in [1.29, 1.82) is 4.29 Å². The van der Waals surface area contributed by atoms with E-state index in [9.17, 15) is 15.3 Å². The van der Waals surface area contributed by atoms with Gasteiger partial charge in [0.25, 0.3) is 0 Å². The van der Waals surface area contributed by atoms with E-state index in [2.05, 4.69) is 15.3 Å². The minimum atomic E-state index is -3.28. The zero-order chi connectivity index (χ0) is 14.4. The lowest BCUT2D eigenvalue weighted by Crippen LogP contribution is -2.63. The molecule has 1 fully saturated rings. The lowest BCUT2D eigenvalue weighted by atomic mass is 9.85. The molecule has 1 aliphatic rings. The van der Waals surface area contributed by atoms with Gasteiger partial charge in [-0.2, -0.15) is 0 Å². The van der Waals surface area contributed by atoms with Gasteiger partial charge in [-0.05, 0) is 0 Å². The van der Waals surface area contributed by atoms with Crippen molar-refractivity contribution in [3.8, 4) is 0 Å². The molecule has 72 valence electrons. The molecular formula is C6H12O6. The molecule has 0 aliphatic heterocycles. The van der Waals surface area contributed by atoms with E-state index in [1.807, 2.05) is 0 Å². The second kappa shape index (κ2) is 3.25. The first-order valence-electron chi connectivity index (χ1n) is 5.86. The van der Waals surface area contributed by atoms with Crippen molar-refractivity contribution < 1.29 is 34.8 Å². The van der Waals surface area contributed by atoms with Crippen molar-refractivity contribution in [1.82, 2.24) is 0 Å². The Hall–Kier alpha value is -0.240. The summed E-state index contributed by atoms with van der Waals surface area (Å²) in [5.74, 6) is 0. The zero-order valence-corrected chi connectivity index (χ0v) is 5.80. The first-order chi connectivity index (χ1) is 8.16. The number of hydrogen-bond donors (Lipinski definition) is 6. The molecule has 0 saturated heterocycles. The highest BCUT2D eigenvalue weighted by molar-refractivity contribution is 4.98. The average Bonchev–Trinajstić information content (AvgIpc) is 2.40. The third kappa shape index (κ3) is 1.33. The summed E-state index contributed by atoms with van der Waals surface area (Å²) in [4.78, 5) is 0. The highest BCUT2D eigenvalue weighted by Gasteiger charge is 2.47. The summed E-state index contributed by atoms with van der Waals surface area (Å²) >= 11 is 0. The van der Waals surface area contributed by atoms with Crippen LogP contribution in [-0.4, -0.2) is 71.5 Å². The molecule has 0 aromatic rings. The molecule has 4 atom stereocenters. The molecule has 0 spiro atoms. The lowest BCUT2D eigenvalue weighted by molar-refractivity contribution is -0.223. The summed E-state index contributed by atoms with van der Waals surface area (Å²) in [7, 11) is 0. The van der Waals surface area contributed by atoms with Crippen LogP contribution in [0.2, 0.25) is 0 Å². The van der Waals surface area contributed by atoms with Crippen LogP contribution in [0.1, 0.15) is 4.11 Å². The predicted octanol–water partition coefficient (Wildman–Crippen LogP) is -3.83. The first-order valence-corrected chi connectivity index (χ1v) is 3.13. The van der Waals surface area contributed by atoms with Gasteiger partial charge in [0.05, 0.1) is 4.11 Å². The monoisotopic (exact) mass is 186 g/mol. The fourth-order valence-electron chi connectivity index (χ4n) is 0.873. The smallest absolute Gasteiger partial charge is 0.211 e. The first kappa shape index (κ1) is 4.32. The molecule has 0 aromatic heterocycles. The Morgan fingerprint density at radius 3 is 1.50 bits per heavy atom. The second-order valence-electron chi connectivity index (χ2n) is 2.44. The molecule has 6 nitrogen and oxygen atoms in total. The summed E-state index contributed by atoms with van der Waals surface area (Å²) in [6.07, 6.45) is -16.4. The van der Waals surface area contributed by atoms with Gasteiger partial charge in [0.2, 0.25) is 4.29 Å². The maximum absolute atomic E-state index is 9.54. The molecule has 6 heteroatoms. The van der Waals surface area contributed by atoms with Crippen LogP contribution in [0.25, 0.3) is 0 Å². The highest BCUT2D eigenvalue weighted by atomic mass is 16.4. The van der Waals surface area contributed by atoms with Crippen LogP contribution in [0.5, 0.6) is 0 Å². The Morgan fingerprint density at radius 2 is 1.17 bits per heavy atom. The Morgan fingerprint density at radius 1 is 0.750 bits per heavy atom. The summed E-state index contributed by atoms with van der Waals surface area (Å²) in [5, 5.41) is 39.9. The normalized spacial score (nSPS) is 80.8. The molecule has 4 unspecified atom stereocenters. The van der Waals surface area contributed by atoms with Gasteiger partial charge in [-0.1, -0.05) is 0 Å². The standard InChI is InChI=1S/C6H12O6/c7-1-2(8)4(10)6(12)5(11)3(1)9/h1-12H/i1D,2D,3D,7D,8D,9D. The fourth-order valence-corrected chi connectivity index (χ4v) is 0.873. The Bertz CT molecular complexity index is 297. The molecule has 0 radical (unpaired) electrons. The molecule has 0 aromatic carbocycles. The summed E-state index contributed by atoms with van der Waals surface area (Å²) < 4.78 is 42.8. The van der Waals surface area contributed by atoms with E-state index in [1.165, 1.54) is 0 Å². The molecule has 12 heavy (non-hydrogen) atoms. The topological polar surface area (TPSA) is 121 Å². The van der Waals surface area contributed by atoms with E-state index in [0.29, 0.717) is 0 Å². The van der Waals surface area contributed by atoms with Crippen molar-refractivity contribution in [2.24, 2.45) is 0 Å². The summed E-state index contributed by atoms with van der Waals surface area (Å²) in [6, 6.07) is 0. The van der Waals surface area contributed by atoms with Gasteiger partial charge in [0.1, 0.15) is 36.6 Å². The van der Waals surface area contributed by atoms with Gasteiger partial charge >= 0.3 is 0 Å². The minimum Gasteiger partial charge on any atom is -0.387 e. The van der Waals surface area contributed by atoms with Crippen LogP contribution in [0.4, 0.5) is 0 Å². The van der Waals surface area contributed by atoms with Crippen molar-refractivity contribution in [2.45, 2.75) is 36.6 Å². The van der Waals surface area contributed by atoms with Crippen LogP contribution in [0, 0.1) is 0 Å². The maximum atomic E-state index is 9.54. The van der Waals surface area contributed by atoms with Crippen molar-refractivity contribution >= 4 is 0 Å². The van der Waals surface area contributed by atoms with E-state index >= 15 is 0 Å². The molecule has 1 saturated carbocycles. The van der Waals surface area contributed by atoms with Gasteiger partial charge < -0.3 is 30.6 Å². The zero-order valence-electron chi connectivity index (χ0n) is 11.8. The third-order valence-corrected chi connectivity index (χ3v) is 1.63. The molecule has 0 amide bonds. The van der Waals surface area contributed by atoms with Gasteiger partial charge in [0.15, 0.2) is 0 Å². The van der Waals surface area contributed by atoms with Crippen LogP contribution in [-0.2, 0) is 0 Å². The SMILES string of the molecule is [2H]OC1([2H])C(O)C(O)C(O)C([2H])(O[2H])C1([2H])O[2H]. The molecule has 0 bridgehead atoms. The van der Waals surface area contributed by atoms with Gasteiger partial charge in [-0.15, -0.1) is 0 Å². The summed E-state index contributed by atoms with van der Waals surface area (Å²) in [5.41, 5.74) is 0. The van der Waals surface area contributed by atoms with E-state index in [0.717, 1.165) is 0 Å². The van der Waals surface area contributed by atoms with Crippen LogP contribution in [0.3, 0.4) is 0 Å². The minimum absolute atomic E-state index is 2.20. The van der Waals surface area contributed by atoms with E-state index in [4.69, 9.17) is 8.41 Å². The van der Waals surface area contributed by atoms with Gasteiger partial charge in [0, 0.05) is 0 Å². The van der Waals surface area contributed by atoms with Crippen LogP contribution in [0.15, 0.2) is 0 Å². The average molecular weight is 186 g/mol. The molecule has 0 heterocycles. The molecule has 1 aliphatic carbocycles. The lowest BCUT2D eigenvalue weighted by Gasteiger charge is -2.39. The summed E-state index contributed by atoms with van der Waals surface area (Å²) in [6.45, 7) is 0. The van der Waals surface area contributed by atoms with Gasteiger partial charge in [-0.3, -0.25) is 0 Å². The fraction of sp³-hybridized carbons (Fsp3) is 1.00. The molecule has 1 rings (SSSR count). The van der Waals surface area contributed by atoms with Crippen LogP contribution >= 0.6 is 0 Å². The quantitative estimate of drug-likeness (QED) is 0.268. The second-order valence-corrected chi connectivity index (χ2v) is 2.44. The number of hydrogen-bond acceptors (Lipinski definition) is 6. The van der Waals surface area contributed by atoms with Gasteiger partial charge in [-0.25, -0.2) is 0 Å². The van der Waals surface area contributed by atoms with E-state index in [-0.39, 0.29) is 0 Å². The Balaban J connectivity index is 3.45. The van der Waals surface area contributed by atoms with Crippen molar-refractivity contribution in [3.63, 3.8) is 0 Å². The Kier molecular flexibility index (Phi) is 1.17. The number of rotatable bonds is 3. The maximum Gasteiger partial charge on any atom is 0.211 e. The van der Waals surface area contributed by atoms with Crippen LogP contribution < -0.4 is 0 Å².